The second-order valence-corrected chi connectivity index (χ2v) is 8.29. The minimum Gasteiger partial charge on any atom is -0.480 e. The third kappa shape index (κ3) is 5.22. The SMILES string of the molecule is CC(Oc1cc(-n2nc(C(C)(C)O)n(C)c2=O)c(F)cc1C(=O)Nc1c(F)cccc1F)C(F)(F)F. The lowest BCUT2D eigenvalue weighted by Crippen LogP contribution is -2.32. The molecule has 194 valence electrons. The molecule has 0 aliphatic carbocycles. The number of carbonyl (C=O) groups is 1. The van der Waals surface area contributed by atoms with Crippen LogP contribution in [0.3, 0.4) is 0 Å². The number of rotatable bonds is 6. The van der Waals surface area contributed by atoms with Crippen LogP contribution < -0.4 is 15.7 Å². The highest BCUT2D eigenvalue weighted by Gasteiger charge is 2.39. The van der Waals surface area contributed by atoms with E-state index in [4.69, 9.17) is 4.74 Å². The Balaban J connectivity index is 2.18. The smallest absolute Gasteiger partial charge is 0.425 e. The van der Waals surface area contributed by atoms with E-state index in [2.05, 4.69) is 5.10 Å². The third-order valence-electron chi connectivity index (χ3n) is 5.02. The maximum absolute atomic E-state index is 15.1. The average molecular weight is 518 g/mol. The fourth-order valence-corrected chi connectivity index (χ4v) is 3.16. The quantitative estimate of drug-likeness (QED) is 0.484. The highest BCUT2D eigenvalue weighted by atomic mass is 19.4. The number of nitrogens with one attached hydrogen (secondary N) is 1. The number of hydrogen-bond acceptors (Lipinski definition) is 5. The highest BCUT2D eigenvalue weighted by molar-refractivity contribution is 6.06. The van der Waals surface area contributed by atoms with E-state index in [1.54, 1.807) is 0 Å². The molecule has 1 unspecified atom stereocenters. The molecule has 3 aromatic rings. The van der Waals surface area contributed by atoms with Gasteiger partial charge in [-0.05, 0) is 39.0 Å². The molecule has 36 heavy (non-hydrogen) atoms. The molecule has 0 saturated carbocycles. The van der Waals surface area contributed by atoms with Crippen molar-refractivity contribution in [2.24, 2.45) is 7.05 Å². The summed E-state index contributed by atoms with van der Waals surface area (Å²) in [6.07, 6.45) is -7.41. The van der Waals surface area contributed by atoms with Crippen LogP contribution in [0, 0.1) is 17.5 Å². The number of benzene rings is 2. The second-order valence-electron chi connectivity index (χ2n) is 8.29. The largest absolute Gasteiger partial charge is 0.480 e. The first-order valence-corrected chi connectivity index (χ1v) is 10.2. The summed E-state index contributed by atoms with van der Waals surface area (Å²) in [4.78, 5) is 25.4. The van der Waals surface area contributed by atoms with Crippen LogP contribution in [-0.4, -0.2) is 37.6 Å². The molecule has 1 atom stereocenters. The third-order valence-corrected chi connectivity index (χ3v) is 5.02. The molecule has 3 rings (SSSR count). The molecule has 0 fully saturated rings. The zero-order chi connectivity index (χ0) is 27.2. The van der Waals surface area contributed by atoms with Gasteiger partial charge in [0.05, 0.1) is 5.56 Å². The van der Waals surface area contributed by atoms with E-state index >= 15 is 4.39 Å². The van der Waals surface area contributed by atoms with Crippen LogP contribution in [0.2, 0.25) is 0 Å². The summed E-state index contributed by atoms with van der Waals surface area (Å²) in [5.74, 6) is -6.12. The van der Waals surface area contributed by atoms with E-state index in [1.807, 2.05) is 5.32 Å². The van der Waals surface area contributed by atoms with Crippen molar-refractivity contribution in [2.75, 3.05) is 5.32 Å². The molecule has 0 saturated heterocycles. The number of carbonyl (C=O) groups excluding carboxylic acids is 1. The minimum absolute atomic E-state index is 0.199. The molecule has 2 N–H and O–H groups in total. The zero-order valence-corrected chi connectivity index (χ0v) is 19.2. The van der Waals surface area contributed by atoms with Crippen LogP contribution in [0.15, 0.2) is 35.1 Å². The van der Waals surface area contributed by atoms with Gasteiger partial charge in [0.25, 0.3) is 5.91 Å². The van der Waals surface area contributed by atoms with Crippen molar-refractivity contribution < 1.29 is 41.0 Å². The van der Waals surface area contributed by atoms with E-state index < -0.39 is 69.6 Å². The Kier molecular flexibility index (Phi) is 6.94. The Morgan fingerprint density at radius 1 is 1.11 bits per heavy atom. The zero-order valence-electron chi connectivity index (χ0n) is 19.2. The number of hydrogen-bond donors (Lipinski definition) is 2. The van der Waals surface area contributed by atoms with Crippen molar-refractivity contribution in [1.29, 1.82) is 0 Å². The van der Waals surface area contributed by atoms with Gasteiger partial charge in [-0.15, -0.1) is 5.10 Å². The normalized spacial score (nSPS) is 13.0. The molecule has 1 heterocycles. The summed E-state index contributed by atoms with van der Waals surface area (Å²) in [6, 6.07) is 3.71. The van der Waals surface area contributed by atoms with Gasteiger partial charge >= 0.3 is 11.9 Å². The number of para-hydroxylation sites is 1. The van der Waals surface area contributed by atoms with Crippen LogP contribution in [-0.2, 0) is 12.6 Å². The summed E-state index contributed by atoms with van der Waals surface area (Å²) in [6.45, 7) is 3.20. The van der Waals surface area contributed by atoms with Crippen molar-refractivity contribution in [3.63, 3.8) is 0 Å². The van der Waals surface area contributed by atoms with Gasteiger partial charge in [-0.2, -0.15) is 17.9 Å². The Morgan fingerprint density at radius 2 is 1.69 bits per heavy atom. The first kappa shape index (κ1) is 26.8. The van der Waals surface area contributed by atoms with Crippen molar-refractivity contribution in [3.05, 3.63) is 69.7 Å². The summed E-state index contributed by atoms with van der Waals surface area (Å²) in [5, 5.41) is 15.9. The fraction of sp³-hybridized carbons (Fsp3) is 0.318. The first-order chi connectivity index (χ1) is 16.5. The van der Waals surface area contributed by atoms with Crippen LogP contribution in [0.4, 0.5) is 32.0 Å². The average Bonchev–Trinajstić information content (AvgIpc) is 3.05. The second kappa shape index (κ2) is 9.33. The summed E-state index contributed by atoms with van der Waals surface area (Å²) >= 11 is 0. The Bertz CT molecular complexity index is 1350. The van der Waals surface area contributed by atoms with E-state index in [9.17, 15) is 36.6 Å². The van der Waals surface area contributed by atoms with Crippen molar-refractivity contribution in [2.45, 2.75) is 38.7 Å². The number of halogens is 6. The van der Waals surface area contributed by atoms with Gasteiger partial charge in [-0.25, -0.2) is 18.0 Å². The topological polar surface area (TPSA) is 98.4 Å². The molecular formula is C22H20F6N4O4. The lowest BCUT2D eigenvalue weighted by molar-refractivity contribution is -0.189. The molecule has 0 spiro atoms. The molecule has 1 amide bonds. The van der Waals surface area contributed by atoms with E-state index in [0.717, 1.165) is 22.8 Å². The summed E-state index contributed by atoms with van der Waals surface area (Å²) in [7, 11) is 1.23. The molecule has 8 nitrogen and oxygen atoms in total. The van der Waals surface area contributed by atoms with Crippen molar-refractivity contribution in [1.82, 2.24) is 14.3 Å². The fourth-order valence-electron chi connectivity index (χ4n) is 3.16. The number of amides is 1. The molecular weight excluding hydrogens is 498 g/mol. The maximum Gasteiger partial charge on any atom is 0.425 e. The van der Waals surface area contributed by atoms with Gasteiger partial charge in [0.2, 0.25) is 0 Å². The van der Waals surface area contributed by atoms with E-state index in [-0.39, 0.29) is 5.82 Å². The van der Waals surface area contributed by atoms with Crippen molar-refractivity contribution >= 4 is 11.6 Å². The molecule has 2 aromatic carbocycles. The molecule has 1 aromatic heterocycles. The molecule has 0 bridgehead atoms. The standard InChI is InChI=1S/C22H20F6N4O4/c1-10(22(26,27)28)36-16-9-15(32-20(34)31(4)19(30-32)21(2,3)35)14(25)8-11(16)18(33)29-17-12(23)6-5-7-13(17)24/h5-10,35H,1-4H3,(H,29,33). The van der Waals surface area contributed by atoms with Gasteiger partial charge in [0.1, 0.15) is 40.2 Å². The molecule has 0 radical (unpaired) electrons. The number of nitrogens with zero attached hydrogens (tertiary/aromatic N) is 3. The predicted octanol–water partition coefficient (Wildman–Crippen LogP) is 3.80. The van der Waals surface area contributed by atoms with Crippen LogP contribution in [0.25, 0.3) is 5.69 Å². The van der Waals surface area contributed by atoms with Gasteiger partial charge in [-0.3, -0.25) is 9.36 Å². The highest BCUT2D eigenvalue weighted by Crippen LogP contribution is 2.31. The monoisotopic (exact) mass is 518 g/mol. The maximum atomic E-state index is 15.1. The molecule has 0 aliphatic rings. The summed E-state index contributed by atoms with van der Waals surface area (Å²) in [5.41, 5.74) is -5.08. The van der Waals surface area contributed by atoms with E-state index in [0.29, 0.717) is 23.7 Å². The van der Waals surface area contributed by atoms with E-state index in [1.165, 1.54) is 20.9 Å². The lowest BCUT2D eigenvalue weighted by Gasteiger charge is -2.20. The predicted molar refractivity (Wildman–Crippen MR) is 114 cm³/mol. The number of aliphatic hydroxyl groups is 1. The number of alkyl halides is 3. The van der Waals surface area contributed by atoms with Gasteiger partial charge < -0.3 is 15.2 Å². The Morgan fingerprint density at radius 3 is 2.19 bits per heavy atom. The molecule has 14 heteroatoms. The van der Waals surface area contributed by atoms with Gasteiger partial charge in [0, 0.05) is 13.1 Å². The minimum atomic E-state index is -4.91. The van der Waals surface area contributed by atoms with Crippen LogP contribution in [0.1, 0.15) is 37.0 Å². The first-order valence-electron chi connectivity index (χ1n) is 10.2. The number of ether oxygens (including phenoxy) is 1. The van der Waals surface area contributed by atoms with Gasteiger partial charge in [0.15, 0.2) is 11.9 Å². The summed E-state index contributed by atoms with van der Waals surface area (Å²) < 4.78 is 88.7. The Hall–Kier alpha value is -3.81. The molecule has 0 aliphatic heterocycles. The van der Waals surface area contributed by atoms with Crippen LogP contribution >= 0.6 is 0 Å². The van der Waals surface area contributed by atoms with Gasteiger partial charge in [-0.1, -0.05) is 6.07 Å². The Labute approximate surface area is 199 Å². The van der Waals surface area contributed by atoms with Crippen LogP contribution in [0.5, 0.6) is 5.75 Å². The van der Waals surface area contributed by atoms with Crippen molar-refractivity contribution in [3.8, 4) is 11.4 Å². The lowest BCUT2D eigenvalue weighted by atomic mass is 10.1. The number of aromatic nitrogens is 3. The number of anilines is 1.